The highest BCUT2D eigenvalue weighted by Crippen LogP contribution is 2.08. The molecule has 0 aromatic heterocycles. The van der Waals surface area contributed by atoms with Crippen LogP contribution in [-0.4, -0.2) is 42.2 Å². The number of carbonyl (C=O) groups is 4. The fourth-order valence-electron chi connectivity index (χ4n) is 1.84. The molecule has 0 saturated heterocycles. The molecule has 0 heterocycles. The number of hydrogen-bond acceptors (Lipinski definition) is 8. The van der Waals surface area contributed by atoms with E-state index in [1.807, 2.05) is 18.2 Å². The Morgan fingerprint density at radius 2 is 1.11 bits per heavy atom. The van der Waals surface area contributed by atoms with E-state index in [1.165, 1.54) is 20.8 Å². The molecule has 1 aromatic carbocycles. The first-order valence-corrected chi connectivity index (χ1v) is 8.93. The summed E-state index contributed by atoms with van der Waals surface area (Å²) in [7, 11) is 0. The van der Waals surface area contributed by atoms with Gasteiger partial charge in [0.2, 0.25) is 0 Å². The molecule has 8 heteroatoms. The molecule has 0 aliphatic carbocycles. The third kappa shape index (κ3) is 7.77. The molecular weight excluding hydrogens is 368 g/mol. The van der Waals surface area contributed by atoms with Crippen molar-refractivity contribution >= 4 is 23.9 Å². The summed E-state index contributed by atoms with van der Waals surface area (Å²) < 4.78 is 19.9. The SMILES string of the molecule is CC(C)C(=O)O[C@@H](C)C(=O)O[C@@H](C)C(=O)O[C@@H](C)C(=O)OCc1ccccc1. The number of esters is 4. The van der Waals surface area contributed by atoms with Crippen LogP contribution < -0.4 is 0 Å². The minimum absolute atomic E-state index is 0.0465. The number of carbonyl (C=O) groups excluding carboxylic acids is 4. The Balaban J connectivity index is 2.44. The maximum absolute atomic E-state index is 12.0. The Bertz CT molecular complexity index is 683. The van der Waals surface area contributed by atoms with Crippen molar-refractivity contribution in [3.05, 3.63) is 35.9 Å². The molecule has 0 unspecified atom stereocenters. The summed E-state index contributed by atoms with van der Waals surface area (Å²) in [5, 5.41) is 0. The van der Waals surface area contributed by atoms with E-state index in [0.717, 1.165) is 5.56 Å². The predicted molar refractivity (Wildman–Crippen MR) is 97.7 cm³/mol. The molecule has 0 saturated carbocycles. The van der Waals surface area contributed by atoms with Crippen molar-refractivity contribution in [3.8, 4) is 0 Å². The van der Waals surface area contributed by atoms with E-state index in [9.17, 15) is 19.2 Å². The maximum atomic E-state index is 12.0. The van der Waals surface area contributed by atoms with Crippen molar-refractivity contribution in [2.45, 2.75) is 59.5 Å². The zero-order valence-electron chi connectivity index (χ0n) is 16.7. The summed E-state index contributed by atoms with van der Waals surface area (Å²) in [6, 6.07) is 9.03. The lowest BCUT2D eigenvalue weighted by Gasteiger charge is -2.19. The molecule has 0 fully saturated rings. The van der Waals surface area contributed by atoms with Crippen molar-refractivity contribution in [1.29, 1.82) is 0 Å². The molecule has 8 nitrogen and oxygen atoms in total. The summed E-state index contributed by atoms with van der Waals surface area (Å²) in [4.78, 5) is 47.3. The lowest BCUT2D eigenvalue weighted by atomic mass is 10.2. The second-order valence-corrected chi connectivity index (χ2v) is 6.49. The van der Waals surface area contributed by atoms with Gasteiger partial charge in [-0.3, -0.25) is 4.79 Å². The van der Waals surface area contributed by atoms with Crippen LogP contribution in [0.4, 0.5) is 0 Å². The van der Waals surface area contributed by atoms with Gasteiger partial charge in [-0.1, -0.05) is 44.2 Å². The molecule has 0 aliphatic heterocycles. The number of benzene rings is 1. The number of hydrogen-bond donors (Lipinski definition) is 0. The zero-order valence-corrected chi connectivity index (χ0v) is 16.7. The van der Waals surface area contributed by atoms with Crippen LogP contribution in [0.5, 0.6) is 0 Å². The molecule has 3 atom stereocenters. The molecular formula is C20H26O8. The standard InChI is InChI=1S/C20H26O8/c1-12(2)17(21)26-14(4)19(23)28-15(5)20(24)27-13(3)18(22)25-11-16-9-7-6-8-10-16/h6-10,12-15H,11H2,1-5H3/t13-,14-,15-/m0/s1. The van der Waals surface area contributed by atoms with E-state index < -0.39 is 48.1 Å². The van der Waals surface area contributed by atoms with Crippen LogP contribution in [0, 0.1) is 5.92 Å². The van der Waals surface area contributed by atoms with E-state index in [0.29, 0.717) is 0 Å². The Morgan fingerprint density at radius 1 is 0.679 bits per heavy atom. The van der Waals surface area contributed by atoms with Crippen molar-refractivity contribution in [2.24, 2.45) is 5.92 Å². The molecule has 1 aromatic rings. The molecule has 0 spiro atoms. The van der Waals surface area contributed by atoms with Crippen LogP contribution >= 0.6 is 0 Å². The summed E-state index contributed by atoms with van der Waals surface area (Å²) >= 11 is 0. The van der Waals surface area contributed by atoms with Gasteiger partial charge in [-0.2, -0.15) is 0 Å². The largest absolute Gasteiger partial charge is 0.458 e. The topological polar surface area (TPSA) is 105 Å². The van der Waals surface area contributed by atoms with Crippen molar-refractivity contribution in [3.63, 3.8) is 0 Å². The second-order valence-electron chi connectivity index (χ2n) is 6.49. The molecule has 1 rings (SSSR count). The first kappa shape index (κ1) is 23.1. The highest BCUT2D eigenvalue weighted by Gasteiger charge is 2.28. The first-order chi connectivity index (χ1) is 13.1. The fourth-order valence-corrected chi connectivity index (χ4v) is 1.84. The van der Waals surface area contributed by atoms with Gasteiger partial charge in [-0.25, -0.2) is 14.4 Å². The number of ether oxygens (including phenoxy) is 4. The smallest absolute Gasteiger partial charge is 0.347 e. The van der Waals surface area contributed by atoms with Gasteiger partial charge in [-0.15, -0.1) is 0 Å². The second kappa shape index (κ2) is 11.1. The molecule has 0 N–H and O–H groups in total. The van der Waals surface area contributed by atoms with Crippen LogP contribution in [-0.2, 0) is 44.7 Å². The van der Waals surface area contributed by atoms with Gasteiger partial charge in [0.15, 0.2) is 18.3 Å². The van der Waals surface area contributed by atoms with E-state index in [-0.39, 0.29) is 6.61 Å². The lowest BCUT2D eigenvalue weighted by molar-refractivity contribution is -0.182. The molecule has 28 heavy (non-hydrogen) atoms. The minimum Gasteiger partial charge on any atom is -0.458 e. The van der Waals surface area contributed by atoms with Gasteiger partial charge in [0.05, 0.1) is 5.92 Å². The molecule has 154 valence electrons. The van der Waals surface area contributed by atoms with Crippen molar-refractivity contribution in [2.75, 3.05) is 0 Å². The van der Waals surface area contributed by atoms with Gasteiger partial charge >= 0.3 is 23.9 Å². The molecule has 0 radical (unpaired) electrons. The van der Waals surface area contributed by atoms with Crippen LogP contribution in [0.15, 0.2) is 30.3 Å². The Labute approximate surface area is 164 Å². The predicted octanol–water partition coefficient (Wildman–Crippen LogP) is 2.18. The summed E-state index contributed by atoms with van der Waals surface area (Å²) in [5.41, 5.74) is 0.793. The van der Waals surface area contributed by atoms with E-state index >= 15 is 0 Å². The first-order valence-electron chi connectivity index (χ1n) is 8.93. The normalized spacial score (nSPS) is 13.8. The summed E-state index contributed by atoms with van der Waals surface area (Å²) in [5.74, 6) is -3.50. The highest BCUT2D eigenvalue weighted by atomic mass is 16.6. The average Bonchev–Trinajstić information content (AvgIpc) is 2.66. The van der Waals surface area contributed by atoms with Gasteiger partial charge in [0, 0.05) is 0 Å². The van der Waals surface area contributed by atoms with Crippen molar-refractivity contribution < 1.29 is 38.1 Å². The quantitative estimate of drug-likeness (QED) is 0.464. The van der Waals surface area contributed by atoms with E-state index in [2.05, 4.69) is 0 Å². The van der Waals surface area contributed by atoms with E-state index in [1.54, 1.807) is 26.0 Å². The maximum Gasteiger partial charge on any atom is 0.347 e. The van der Waals surface area contributed by atoms with Gasteiger partial charge in [0.25, 0.3) is 0 Å². The Hall–Kier alpha value is -2.90. The van der Waals surface area contributed by atoms with Gasteiger partial charge < -0.3 is 18.9 Å². The van der Waals surface area contributed by atoms with E-state index in [4.69, 9.17) is 18.9 Å². The monoisotopic (exact) mass is 394 g/mol. The van der Waals surface area contributed by atoms with Crippen LogP contribution in [0.3, 0.4) is 0 Å². The fraction of sp³-hybridized carbons (Fsp3) is 0.500. The summed E-state index contributed by atoms with van der Waals surface area (Å²) in [6.07, 6.45) is -3.62. The van der Waals surface area contributed by atoms with Crippen LogP contribution in [0.25, 0.3) is 0 Å². The number of rotatable bonds is 9. The van der Waals surface area contributed by atoms with Crippen molar-refractivity contribution in [1.82, 2.24) is 0 Å². The highest BCUT2D eigenvalue weighted by molar-refractivity contribution is 5.84. The molecule has 0 amide bonds. The molecule has 0 aliphatic rings. The zero-order chi connectivity index (χ0) is 21.3. The van der Waals surface area contributed by atoms with Crippen LogP contribution in [0.2, 0.25) is 0 Å². The van der Waals surface area contributed by atoms with Gasteiger partial charge in [0.1, 0.15) is 6.61 Å². The third-order valence-corrected chi connectivity index (χ3v) is 3.57. The minimum atomic E-state index is -1.28. The Morgan fingerprint density at radius 3 is 1.57 bits per heavy atom. The third-order valence-electron chi connectivity index (χ3n) is 3.57. The average molecular weight is 394 g/mol. The van der Waals surface area contributed by atoms with Gasteiger partial charge in [-0.05, 0) is 26.3 Å². The molecule has 0 bridgehead atoms. The van der Waals surface area contributed by atoms with Crippen LogP contribution in [0.1, 0.15) is 40.2 Å². The summed E-state index contributed by atoms with van der Waals surface area (Å²) in [6.45, 7) is 7.28. The Kier molecular flexibility index (Phi) is 9.14. The lowest BCUT2D eigenvalue weighted by Crippen LogP contribution is -2.36.